The number of hydrogen-bond donors (Lipinski definition) is 1. The Bertz CT molecular complexity index is 605. The lowest BCUT2D eigenvalue weighted by molar-refractivity contribution is 0.299. The van der Waals surface area contributed by atoms with Crippen molar-refractivity contribution in [2.75, 3.05) is 6.54 Å². The van der Waals surface area contributed by atoms with Gasteiger partial charge in [0.1, 0.15) is 5.82 Å². The SMILES string of the molecule is CCn1c(C2CCCCC2CN)nc2ccc(Cl)cc21. The predicted octanol–water partition coefficient (Wildman–Crippen LogP) is 3.94. The highest BCUT2D eigenvalue weighted by Gasteiger charge is 2.29. The van der Waals surface area contributed by atoms with Gasteiger partial charge >= 0.3 is 0 Å². The van der Waals surface area contributed by atoms with Crippen LogP contribution in [-0.2, 0) is 6.54 Å². The zero-order valence-electron chi connectivity index (χ0n) is 12.0. The molecule has 2 aromatic rings. The van der Waals surface area contributed by atoms with Crippen LogP contribution in [0.4, 0.5) is 0 Å². The van der Waals surface area contributed by atoms with E-state index in [1.807, 2.05) is 18.2 Å². The molecule has 0 aliphatic heterocycles. The van der Waals surface area contributed by atoms with Gasteiger partial charge in [-0.25, -0.2) is 4.98 Å². The summed E-state index contributed by atoms with van der Waals surface area (Å²) in [6.07, 6.45) is 5.03. The summed E-state index contributed by atoms with van der Waals surface area (Å²) in [5, 5.41) is 0.776. The van der Waals surface area contributed by atoms with Crippen LogP contribution in [0, 0.1) is 5.92 Å². The van der Waals surface area contributed by atoms with Crippen molar-refractivity contribution in [3.63, 3.8) is 0 Å². The standard InChI is InChI=1S/C16H22ClN3/c1-2-20-15-9-12(17)7-8-14(15)19-16(20)13-6-4-3-5-11(13)10-18/h7-9,11,13H,2-6,10,18H2,1H3. The largest absolute Gasteiger partial charge is 0.330 e. The Morgan fingerprint density at radius 1 is 1.35 bits per heavy atom. The number of hydrogen-bond acceptors (Lipinski definition) is 2. The average Bonchev–Trinajstić information content (AvgIpc) is 2.84. The van der Waals surface area contributed by atoms with Crippen LogP contribution in [0.5, 0.6) is 0 Å². The summed E-state index contributed by atoms with van der Waals surface area (Å²) in [4.78, 5) is 4.90. The molecule has 0 spiro atoms. The van der Waals surface area contributed by atoms with Gasteiger partial charge in [-0.1, -0.05) is 24.4 Å². The van der Waals surface area contributed by atoms with E-state index in [0.29, 0.717) is 11.8 Å². The summed E-state index contributed by atoms with van der Waals surface area (Å²) in [5.74, 6) is 2.28. The fraction of sp³-hybridized carbons (Fsp3) is 0.562. The molecule has 3 rings (SSSR count). The number of aryl methyl sites for hydroxylation is 1. The molecule has 2 N–H and O–H groups in total. The van der Waals surface area contributed by atoms with E-state index in [2.05, 4.69) is 11.5 Å². The zero-order chi connectivity index (χ0) is 14.1. The average molecular weight is 292 g/mol. The van der Waals surface area contributed by atoms with Gasteiger partial charge in [0.2, 0.25) is 0 Å². The maximum atomic E-state index is 6.14. The Hall–Kier alpha value is -1.06. The Balaban J connectivity index is 2.10. The molecule has 20 heavy (non-hydrogen) atoms. The molecule has 4 heteroatoms. The Morgan fingerprint density at radius 3 is 2.90 bits per heavy atom. The number of imidazole rings is 1. The minimum Gasteiger partial charge on any atom is -0.330 e. The van der Waals surface area contributed by atoms with Crippen LogP contribution in [-0.4, -0.2) is 16.1 Å². The normalized spacial score (nSPS) is 23.4. The molecule has 0 radical (unpaired) electrons. The molecule has 1 aliphatic carbocycles. The van der Waals surface area contributed by atoms with Crippen LogP contribution in [0.3, 0.4) is 0 Å². The van der Waals surface area contributed by atoms with Crippen molar-refractivity contribution in [2.24, 2.45) is 11.7 Å². The number of nitrogens with zero attached hydrogens (tertiary/aromatic N) is 2. The van der Waals surface area contributed by atoms with Gasteiger partial charge in [-0.15, -0.1) is 0 Å². The van der Waals surface area contributed by atoms with Crippen LogP contribution in [0.1, 0.15) is 44.3 Å². The molecule has 108 valence electrons. The van der Waals surface area contributed by atoms with Crippen molar-refractivity contribution in [3.05, 3.63) is 29.0 Å². The highest BCUT2D eigenvalue weighted by atomic mass is 35.5. The molecule has 1 saturated carbocycles. The van der Waals surface area contributed by atoms with Crippen molar-refractivity contribution >= 4 is 22.6 Å². The fourth-order valence-electron chi connectivity index (χ4n) is 3.56. The van der Waals surface area contributed by atoms with E-state index < -0.39 is 0 Å². The van der Waals surface area contributed by atoms with Crippen molar-refractivity contribution < 1.29 is 0 Å². The molecule has 0 amide bonds. The molecule has 2 atom stereocenters. The predicted molar refractivity (Wildman–Crippen MR) is 84.2 cm³/mol. The first-order valence-corrected chi connectivity index (χ1v) is 7.98. The van der Waals surface area contributed by atoms with Gasteiger partial charge < -0.3 is 10.3 Å². The van der Waals surface area contributed by atoms with E-state index >= 15 is 0 Å². The van der Waals surface area contributed by atoms with Crippen LogP contribution >= 0.6 is 11.6 Å². The third kappa shape index (κ3) is 2.33. The Morgan fingerprint density at radius 2 is 2.15 bits per heavy atom. The van der Waals surface area contributed by atoms with Gasteiger partial charge in [-0.05, 0) is 50.4 Å². The van der Waals surface area contributed by atoms with Crippen molar-refractivity contribution in [3.8, 4) is 0 Å². The van der Waals surface area contributed by atoms with Gasteiger partial charge in [-0.3, -0.25) is 0 Å². The number of fused-ring (bicyclic) bond motifs is 1. The highest BCUT2D eigenvalue weighted by Crippen LogP contribution is 2.38. The molecule has 1 fully saturated rings. The summed E-state index contributed by atoms with van der Waals surface area (Å²) >= 11 is 6.14. The second-order valence-electron chi connectivity index (χ2n) is 5.73. The number of rotatable bonds is 3. The van der Waals surface area contributed by atoms with Crippen LogP contribution in [0.2, 0.25) is 5.02 Å². The quantitative estimate of drug-likeness (QED) is 0.931. The minimum atomic E-state index is 0.500. The van der Waals surface area contributed by atoms with Crippen molar-refractivity contribution in [2.45, 2.75) is 45.1 Å². The van der Waals surface area contributed by atoms with E-state index in [1.165, 1.54) is 31.5 Å². The highest BCUT2D eigenvalue weighted by molar-refractivity contribution is 6.31. The molecule has 1 aliphatic rings. The smallest absolute Gasteiger partial charge is 0.113 e. The number of benzene rings is 1. The first-order valence-electron chi connectivity index (χ1n) is 7.60. The lowest BCUT2D eigenvalue weighted by Gasteiger charge is -2.30. The third-order valence-electron chi connectivity index (χ3n) is 4.60. The van der Waals surface area contributed by atoms with Gasteiger partial charge in [0.15, 0.2) is 0 Å². The van der Waals surface area contributed by atoms with E-state index in [-0.39, 0.29) is 0 Å². The fourth-order valence-corrected chi connectivity index (χ4v) is 3.73. The Labute approximate surface area is 125 Å². The summed E-state index contributed by atoms with van der Waals surface area (Å²) < 4.78 is 2.32. The summed E-state index contributed by atoms with van der Waals surface area (Å²) in [5.41, 5.74) is 8.18. The minimum absolute atomic E-state index is 0.500. The number of halogens is 1. The second kappa shape index (κ2) is 5.74. The molecule has 0 bridgehead atoms. The first kappa shape index (κ1) is 13.9. The first-order chi connectivity index (χ1) is 9.74. The lowest BCUT2D eigenvalue weighted by atomic mass is 9.78. The van der Waals surface area contributed by atoms with Crippen LogP contribution < -0.4 is 5.73 Å². The van der Waals surface area contributed by atoms with Gasteiger partial charge in [0.25, 0.3) is 0 Å². The van der Waals surface area contributed by atoms with Gasteiger partial charge in [0, 0.05) is 17.5 Å². The monoisotopic (exact) mass is 291 g/mol. The maximum Gasteiger partial charge on any atom is 0.113 e. The summed E-state index contributed by atoms with van der Waals surface area (Å²) in [6, 6.07) is 5.97. The zero-order valence-corrected chi connectivity index (χ0v) is 12.7. The van der Waals surface area contributed by atoms with E-state index in [4.69, 9.17) is 22.3 Å². The second-order valence-corrected chi connectivity index (χ2v) is 6.17. The molecular weight excluding hydrogens is 270 g/mol. The molecule has 2 unspecified atom stereocenters. The lowest BCUT2D eigenvalue weighted by Crippen LogP contribution is -2.27. The van der Waals surface area contributed by atoms with Gasteiger partial charge in [0.05, 0.1) is 11.0 Å². The van der Waals surface area contributed by atoms with E-state index in [1.54, 1.807) is 0 Å². The van der Waals surface area contributed by atoms with Gasteiger partial charge in [-0.2, -0.15) is 0 Å². The van der Waals surface area contributed by atoms with E-state index in [9.17, 15) is 0 Å². The van der Waals surface area contributed by atoms with Crippen molar-refractivity contribution in [1.29, 1.82) is 0 Å². The third-order valence-corrected chi connectivity index (χ3v) is 4.83. The number of nitrogens with two attached hydrogens (primary N) is 1. The molecular formula is C16H22ClN3. The summed E-state index contributed by atoms with van der Waals surface area (Å²) in [7, 11) is 0. The van der Waals surface area contributed by atoms with E-state index in [0.717, 1.165) is 29.1 Å². The molecule has 0 saturated heterocycles. The molecule has 1 heterocycles. The molecule has 1 aromatic carbocycles. The molecule has 3 nitrogen and oxygen atoms in total. The molecule has 1 aromatic heterocycles. The topological polar surface area (TPSA) is 43.8 Å². The Kier molecular flexibility index (Phi) is 3.99. The number of aromatic nitrogens is 2. The summed E-state index contributed by atoms with van der Waals surface area (Å²) in [6.45, 7) is 3.87. The maximum absolute atomic E-state index is 6.14. The van der Waals surface area contributed by atoms with Crippen LogP contribution in [0.25, 0.3) is 11.0 Å². The van der Waals surface area contributed by atoms with Crippen LogP contribution in [0.15, 0.2) is 18.2 Å². The van der Waals surface area contributed by atoms with Crippen molar-refractivity contribution in [1.82, 2.24) is 9.55 Å².